The normalized spacial score (nSPS) is 19.0. The Morgan fingerprint density at radius 2 is 1.67 bits per heavy atom. The number of urea groups is 1. The Morgan fingerprint density at radius 3 is 2.36 bits per heavy atom. The quantitative estimate of drug-likeness (QED) is 0.446. The second-order valence-electron chi connectivity index (χ2n) is 8.86. The minimum atomic E-state index is -0.153. The van der Waals surface area contributed by atoms with Crippen LogP contribution in [0.25, 0.3) is 10.9 Å². The Kier molecular flexibility index (Phi) is 7.23. The van der Waals surface area contributed by atoms with E-state index in [9.17, 15) is 4.79 Å². The summed E-state index contributed by atoms with van der Waals surface area (Å²) in [5, 5.41) is 7.61. The van der Waals surface area contributed by atoms with Crippen LogP contribution in [-0.2, 0) is 0 Å². The van der Waals surface area contributed by atoms with E-state index in [1.165, 1.54) is 0 Å². The zero-order valence-electron chi connectivity index (χ0n) is 19.4. The molecule has 0 radical (unpaired) electrons. The number of nitrogens with one attached hydrogen (secondary N) is 2. The van der Waals surface area contributed by atoms with E-state index in [2.05, 4.69) is 23.4 Å². The monoisotopic (exact) mass is 464 g/mol. The summed E-state index contributed by atoms with van der Waals surface area (Å²) in [7, 11) is 3.99. The molecule has 2 N–H and O–H groups in total. The molecule has 3 aromatic rings. The maximum atomic E-state index is 12.7. The Hall–Kier alpha value is -3.00. The van der Waals surface area contributed by atoms with Gasteiger partial charge in [0, 0.05) is 31.6 Å². The standard InChI is InChI=1S/C25H32N6OS/c1-17(18-9-5-4-6-10-18)26-25(32)31(33)20-15-13-19(14-16-20)27-24-28-22-12-8-7-11-21(22)23(29-24)30(2)3/h4-12,17,19-20,33H,13-16H2,1-3H3,(H,26,32)(H,27,28,29)/t17-,19?,20?/m1/s1. The van der Waals surface area contributed by atoms with Crippen LogP contribution in [0.15, 0.2) is 54.6 Å². The Morgan fingerprint density at radius 1 is 1.00 bits per heavy atom. The molecule has 33 heavy (non-hydrogen) atoms. The number of benzene rings is 2. The maximum absolute atomic E-state index is 12.7. The molecule has 0 saturated heterocycles. The van der Waals surface area contributed by atoms with E-state index in [0.717, 1.165) is 48.0 Å². The molecule has 0 spiro atoms. The fraction of sp³-hybridized carbons (Fsp3) is 0.400. The van der Waals surface area contributed by atoms with Gasteiger partial charge >= 0.3 is 6.03 Å². The Labute approximate surface area is 201 Å². The summed E-state index contributed by atoms with van der Waals surface area (Å²) in [6.45, 7) is 1.99. The van der Waals surface area contributed by atoms with Gasteiger partial charge in [0.15, 0.2) is 0 Å². The first-order chi connectivity index (χ1) is 15.9. The highest BCUT2D eigenvalue weighted by atomic mass is 32.1. The number of thiol groups is 1. The summed E-state index contributed by atoms with van der Waals surface area (Å²) in [5.41, 5.74) is 2.01. The third-order valence-corrected chi connectivity index (χ3v) is 6.74. The Bertz CT molecular complexity index is 1080. The van der Waals surface area contributed by atoms with Crippen molar-refractivity contribution < 1.29 is 4.79 Å². The number of amides is 2. The number of aromatic nitrogens is 2. The molecule has 1 aromatic heterocycles. The number of para-hydroxylation sites is 1. The molecule has 1 atom stereocenters. The molecule has 2 aromatic carbocycles. The number of fused-ring (bicyclic) bond motifs is 1. The van der Waals surface area contributed by atoms with Gasteiger partial charge in [0.05, 0.1) is 11.6 Å². The summed E-state index contributed by atoms with van der Waals surface area (Å²) < 4.78 is 1.56. The molecule has 1 aliphatic rings. The molecule has 0 aliphatic heterocycles. The van der Waals surface area contributed by atoms with E-state index in [0.29, 0.717) is 5.95 Å². The summed E-state index contributed by atoms with van der Waals surface area (Å²) in [6, 6.07) is 18.2. The first-order valence-electron chi connectivity index (χ1n) is 11.5. The summed E-state index contributed by atoms with van der Waals surface area (Å²) in [5.74, 6) is 1.56. The number of rotatable bonds is 6. The van der Waals surface area contributed by atoms with E-state index in [4.69, 9.17) is 9.97 Å². The molecule has 2 amide bonds. The first kappa shape index (κ1) is 23.2. The smallest absolute Gasteiger partial charge is 0.327 e. The van der Waals surface area contributed by atoms with E-state index in [-0.39, 0.29) is 24.2 Å². The largest absolute Gasteiger partial charge is 0.362 e. The SMILES string of the molecule is C[C@@H](NC(=O)N(S)C1CCC(Nc2nc(N(C)C)c3ccccc3n2)CC1)c1ccccc1. The van der Waals surface area contributed by atoms with Crippen LogP contribution in [-0.4, -0.2) is 46.5 Å². The van der Waals surface area contributed by atoms with Gasteiger partial charge in [-0.25, -0.2) is 9.78 Å². The number of hydrogen-bond acceptors (Lipinski definition) is 6. The zero-order chi connectivity index (χ0) is 23.4. The van der Waals surface area contributed by atoms with Crippen LogP contribution in [0.1, 0.15) is 44.2 Å². The second kappa shape index (κ2) is 10.3. The second-order valence-corrected chi connectivity index (χ2v) is 9.29. The highest BCUT2D eigenvalue weighted by molar-refractivity contribution is 7.78. The lowest BCUT2D eigenvalue weighted by Crippen LogP contribution is -2.44. The molecule has 1 saturated carbocycles. The van der Waals surface area contributed by atoms with Gasteiger partial charge in [0.25, 0.3) is 0 Å². The topological polar surface area (TPSA) is 73.4 Å². The highest BCUT2D eigenvalue weighted by Gasteiger charge is 2.28. The van der Waals surface area contributed by atoms with Crippen LogP contribution in [0, 0.1) is 0 Å². The molecule has 1 fully saturated rings. The van der Waals surface area contributed by atoms with Crippen LogP contribution >= 0.6 is 12.8 Å². The number of hydrogen-bond donors (Lipinski definition) is 3. The lowest BCUT2D eigenvalue weighted by molar-refractivity contribution is 0.201. The van der Waals surface area contributed by atoms with Crippen molar-refractivity contribution in [3.8, 4) is 0 Å². The fourth-order valence-corrected chi connectivity index (χ4v) is 4.64. The van der Waals surface area contributed by atoms with Gasteiger partial charge in [-0.1, -0.05) is 55.3 Å². The van der Waals surface area contributed by atoms with E-state index >= 15 is 0 Å². The number of anilines is 2. The van der Waals surface area contributed by atoms with E-state index < -0.39 is 0 Å². The van der Waals surface area contributed by atoms with Crippen molar-refractivity contribution in [3.63, 3.8) is 0 Å². The van der Waals surface area contributed by atoms with Gasteiger partial charge < -0.3 is 15.5 Å². The van der Waals surface area contributed by atoms with E-state index in [1.54, 1.807) is 4.31 Å². The molecule has 0 bridgehead atoms. The zero-order valence-corrected chi connectivity index (χ0v) is 20.3. The molecular formula is C25H32N6OS. The van der Waals surface area contributed by atoms with Crippen LogP contribution in [0.3, 0.4) is 0 Å². The molecule has 7 nitrogen and oxygen atoms in total. The minimum absolute atomic E-state index is 0.0673. The van der Waals surface area contributed by atoms with Crippen LogP contribution in [0.5, 0.6) is 0 Å². The lowest BCUT2D eigenvalue weighted by Gasteiger charge is -2.34. The van der Waals surface area contributed by atoms with Crippen molar-refractivity contribution in [2.45, 2.75) is 50.7 Å². The average molecular weight is 465 g/mol. The molecule has 1 aliphatic carbocycles. The molecule has 1 heterocycles. The molecule has 8 heteroatoms. The molecule has 174 valence electrons. The minimum Gasteiger partial charge on any atom is -0.362 e. The predicted octanol–water partition coefficient (Wildman–Crippen LogP) is 5.04. The highest BCUT2D eigenvalue weighted by Crippen LogP contribution is 2.28. The van der Waals surface area contributed by atoms with Crippen LogP contribution in [0.2, 0.25) is 0 Å². The van der Waals surface area contributed by atoms with Crippen LogP contribution < -0.4 is 15.5 Å². The summed E-state index contributed by atoms with van der Waals surface area (Å²) in [4.78, 5) is 24.2. The van der Waals surface area contributed by atoms with Gasteiger partial charge in [0.2, 0.25) is 5.95 Å². The third kappa shape index (κ3) is 5.50. The predicted molar refractivity (Wildman–Crippen MR) is 138 cm³/mol. The lowest BCUT2D eigenvalue weighted by atomic mass is 9.91. The number of carbonyl (C=O) groups excluding carboxylic acids is 1. The molecular weight excluding hydrogens is 432 g/mol. The molecule has 0 unspecified atom stereocenters. The van der Waals surface area contributed by atoms with Crippen molar-refractivity contribution in [2.24, 2.45) is 0 Å². The van der Waals surface area contributed by atoms with Gasteiger partial charge in [-0.15, -0.1) is 0 Å². The van der Waals surface area contributed by atoms with Crippen molar-refractivity contribution in [1.29, 1.82) is 0 Å². The van der Waals surface area contributed by atoms with Crippen molar-refractivity contribution >= 4 is 41.5 Å². The maximum Gasteiger partial charge on any atom is 0.327 e. The molecule has 4 rings (SSSR count). The van der Waals surface area contributed by atoms with Crippen LogP contribution in [0.4, 0.5) is 16.6 Å². The van der Waals surface area contributed by atoms with Crippen molar-refractivity contribution in [1.82, 2.24) is 19.6 Å². The van der Waals surface area contributed by atoms with Gasteiger partial charge in [-0.3, -0.25) is 4.31 Å². The van der Waals surface area contributed by atoms with Gasteiger partial charge in [0.1, 0.15) is 5.82 Å². The van der Waals surface area contributed by atoms with Crippen molar-refractivity contribution in [3.05, 3.63) is 60.2 Å². The summed E-state index contributed by atoms with van der Waals surface area (Å²) in [6.07, 6.45) is 3.61. The summed E-state index contributed by atoms with van der Waals surface area (Å²) >= 11 is 4.53. The number of nitrogens with zero attached hydrogens (tertiary/aromatic N) is 4. The fourth-order valence-electron chi connectivity index (χ4n) is 4.35. The van der Waals surface area contributed by atoms with Gasteiger partial charge in [-0.05, 0) is 50.3 Å². The average Bonchev–Trinajstić information content (AvgIpc) is 2.84. The number of carbonyl (C=O) groups is 1. The third-order valence-electron chi connectivity index (χ3n) is 6.23. The Balaban J connectivity index is 1.34. The van der Waals surface area contributed by atoms with Gasteiger partial charge in [-0.2, -0.15) is 4.98 Å². The van der Waals surface area contributed by atoms with E-state index in [1.807, 2.05) is 80.5 Å². The first-order valence-corrected chi connectivity index (χ1v) is 11.9. The van der Waals surface area contributed by atoms with Crippen molar-refractivity contribution in [2.75, 3.05) is 24.3 Å².